The van der Waals surface area contributed by atoms with Gasteiger partial charge >= 0.3 is 0 Å². The van der Waals surface area contributed by atoms with Crippen LogP contribution in [0.2, 0.25) is 0 Å². The number of likely N-dealkylation sites (N-methyl/N-ethyl adjacent to an activating group) is 1. The maximum atomic E-state index is 14.9. The van der Waals surface area contributed by atoms with Gasteiger partial charge in [-0.1, -0.05) is 37.3 Å². The first-order valence-corrected chi connectivity index (χ1v) is 14.5. The van der Waals surface area contributed by atoms with Crippen molar-refractivity contribution in [3.63, 3.8) is 0 Å². The van der Waals surface area contributed by atoms with Crippen molar-refractivity contribution in [2.24, 2.45) is 15.1 Å². The number of piperazine rings is 1. The van der Waals surface area contributed by atoms with E-state index in [0.29, 0.717) is 31.1 Å². The van der Waals surface area contributed by atoms with E-state index in [1.165, 1.54) is 11.8 Å². The highest BCUT2D eigenvalue weighted by molar-refractivity contribution is 5.96. The molecule has 0 bridgehead atoms. The Balaban J connectivity index is 1.62. The second-order valence-electron chi connectivity index (χ2n) is 10.5. The zero-order valence-electron chi connectivity index (χ0n) is 25.9. The third-order valence-corrected chi connectivity index (χ3v) is 7.31. The average molecular weight is 580 g/mol. The highest BCUT2D eigenvalue weighted by atomic mass is 19.1. The Kier molecular flexibility index (Phi) is 13.1. The second kappa shape index (κ2) is 16.7. The molecule has 1 fully saturated rings. The molecule has 228 valence electrons. The molecule has 3 rings (SSSR count). The van der Waals surface area contributed by atoms with Crippen LogP contribution in [0.1, 0.15) is 37.0 Å². The third-order valence-electron chi connectivity index (χ3n) is 7.31. The van der Waals surface area contributed by atoms with Crippen LogP contribution in [0.5, 0.6) is 5.75 Å². The molecule has 2 aromatic rings. The summed E-state index contributed by atoms with van der Waals surface area (Å²) in [6, 6.07) is 12.4. The highest BCUT2D eigenvalue weighted by Crippen LogP contribution is 2.32. The summed E-state index contributed by atoms with van der Waals surface area (Å²) in [7, 11) is 5.34. The molecule has 0 radical (unpaired) electrons. The molecule has 0 unspecified atom stereocenters. The number of aromatic hydroxyl groups is 1. The van der Waals surface area contributed by atoms with Crippen molar-refractivity contribution >= 4 is 17.9 Å². The first-order chi connectivity index (χ1) is 20.3. The molecule has 1 saturated heterocycles. The van der Waals surface area contributed by atoms with Gasteiger partial charge < -0.3 is 19.6 Å². The fourth-order valence-electron chi connectivity index (χ4n) is 4.82. The van der Waals surface area contributed by atoms with E-state index in [-0.39, 0.29) is 11.6 Å². The predicted molar refractivity (Wildman–Crippen MR) is 171 cm³/mol. The first-order valence-electron chi connectivity index (χ1n) is 14.5. The maximum Gasteiger partial charge on any atom is 0.183 e. The van der Waals surface area contributed by atoms with Gasteiger partial charge in [0.2, 0.25) is 0 Å². The number of ether oxygens (including phenoxy) is 1. The van der Waals surface area contributed by atoms with Crippen molar-refractivity contribution < 1.29 is 14.2 Å². The van der Waals surface area contributed by atoms with Crippen LogP contribution in [0, 0.1) is 6.92 Å². The fraction of sp³-hybridized carbons (Fsp3) is 0.469. The summed E-state index contributed by atoms with van der Waals surface area (Å²) in [5, 5.41) is 15.1. The summed E-state index contributed by atoms with van der Waals surface area (Å²) < 4.78 is 20.0. The molecule has 0 aromatic heterocycles. The molecule has 0 amide bonds. The molecular weight excluding hydrogens is 533 g/mol. The van der Waals surface area contributed by atoms with E-state index in [4.69, 9.17) is 4.74 Å². The fourth-order valence-corrected chi connectivity index (χ4v) is 4.82. The van der Waals surface area contributed by atoms with Crippen molar-refractivity contribution in [2.75, 3.05) is 67.1 Å². The van der Waals surface area contributed by atoms with Crippen LogP contribution in [0.4, 0.5) is 4.39 Å². The van der Waals surface area contributed by atoms with Gasteiger partial charge in [0, 0.05) is 65.5 Å². The maximum absolute atomic E-state index is 14.9. The van der Waals surface area contributed by atoms with Crippen molar-refractivity contribution in [3.05, 3.63) is 65.1 Å². The lowest BCUT2D eigenvalue weighted by Crippen LogP contribution is -2.43. The van der Waals surface area contributed by atoms with E-state index in [9.17, 15) is 9.50 Å². The van der Waals surface area contributed by atoms with Crippen LogP contribution in [0.3, 0.4) is 0 Å². The zero-order valence-corrected chi connectivity index (χ0v) is 25.9. The van der Waals surface area contributed by atoms with Crippen LogP contribution >= 0.6 is 0 Å². The molecule has 9 nitrogen and oxygen atoms in total. The third kappa shape index (κ3) is 9.47. The van der Waals surface area contributed by atoms with Crippen LogP contribution in [0.25, 0.3) is 11.1 Å². The summed E-state index contributed by atoms with van der Waals surface area (Å²) >= 11 is 0. The zero-order chi connectivity index (χ0) is 30.5. The largest absolute Gasteiger partial charge is 0.507 e. The number of rotatable bonds is 12. The van der Waals surface area contributed by atoms with Crippen LogP contribution < -0.4 is 5.43 Å². The number of nitrogens with zero attached hydrogens (tertiary/aromatic N) is 6. The number of hydrogen-bond acceptors (Lipinski definition) is 7. The molecule has 0 atom stereocenters. The summed E-state index contributed by atoms with van der Waals surface area (Å²) in [6.45, 7) is 12.6. The van der Waals surface area contributed by atoms with Crippen LogP contribution in [0.15, 0.2) is 63.5 Å². The van der Waals surface area contributed by atoms with Gasteiger partial charge in [-0.3, -0.25) is 15.3 Å². The monoisotopic (exact) mass is 579 g/mol. The topological polar surface area (TPSA) is 88.3 Å². The number of hydrazone groups is 1. The normalized spacial score (nSPS) is 15.9. The number of methoxy groups -OCH3 is 1. The SMILES string of the molecule is CCCN(CCOC)C(=NC)/C(F)=C\N=C(C)N/N=C/c1ccc(-c2ccc(CN3CCN(C)CC3)cc2)c(C)c1O. The van der Waals surface area contributed by atoms with E-state index in [1.807, 2.05) is 30.9 Å². The van der Waals surface area contributed by atoms with Gasteiger partial charge in [-0.15, -0.1) is 0 Å². The number of phenols is 1. The molecule has 2 aromatic carbocycles. The van der Waals surface area contributed by atoms with Crippen LogP contribution in [-0.4, -0.2) is 105 Å². The second-order valence-corrected chi connectivity index (χ2v) is 10.5. The van der Waals surface area contributed by atoms with Crippen molar-refractivity contribution in [1.82, 2.24) is 20.1 Å². The number of benzene rings is 2. The van der Waals surface area contributed by atoms with Gasteiger partial charge in [0.05, 0.1) is 19.0 Å². The smallest absolute Gasteiger partial charge is 0.183 e. The number of hydrogen-bond donors (Lipinski definition) is 2. The van der Waals surface area contributed by atoms with Gasteiger partial charge in [0.15, 0.2) is 11.7 Å². The van der Waals surface area contributed by atoms with E-state index in [1.54, 1.807) is 21.1 Å². The Hall–Kier alpha value is -3.60. The lowest BCUT2D eigenvalue weighted by atomic mass is 9.96. The van der Waals surface area contributed by atoms with Gasteiger partial charge in [-0.05, 0) is 55.6 Å². The molecule has 2 N–H and O–H groups in total. The van der Waals surface area contributed by atoms with E-state index >= 15 is 0 Å². The minimum Gasteiger partial charge on any atom is -0.507 e. The highest BCUT2D eigenvalue weighted by Gasteiger charge is 2.16. The lowest BCUT2D eigenvalue weighted by molar-refractivity contribution is 0.148. The number of nitrogens with one attached hydrogen (secondary N) is 1. The van der Waals surface area contributed by atoms with Gasteiger partial charge in [0.25, 0.3) is 0 Å². The Morgan fingerprint density at radius 3 is 2.48 bits per heavy atom. The predicted octanol–water partition coefficient (Wildman–Crippen LogP) is 4.65. The first kappa shape index (κ1) is 32.9. The summed E-state index contributed by atoms with van der Waals surface area (Å²) in [5.74, 6) is 0.249. The van der Waals surface area contributed by atoms with E-state index < -0.39 is 5.83 Å². The summed E-state index contributed by atoms with van der Waals surface area (Å²) in [6.07, 6.45) is 3.50. The Labute approximate surface area is 250 Å². The number of phenolic OH excluding ortho intramolecular Hbond substituents is 1. The minimum atomic E-state index is -0.539. The van der Waals surface area contributed by atoms with E-state index in [0.717, 1.165) is 62.0 Å². The molecule has 0 aliphatic carbocycles. The Bertz CT molecular complexity index is 1270. The lowest BCUT2D eigenvalue weighted by Gasteiger charge is -2.32. The standard InChI is InChI=1S/C32H46FN7O2/c1-7-14-40(19-20-42-6)32(34-4)30(33)22-35-25(3)37-36-21-28-12-13-29(24(2)31(28)41)27-10-8-26(9-11-27)23-39-17-15-38(5)16-18-39/h8-13,21-22,41H,7,14-20,23H2,1-6H3,(H,35,37)/b30-22+,34-32?,36-21+. The Morgan fingerprint density at radius 1 is 1.12 bits per heavy atom. The average Bonchev–Trinajstić information content (AvgIpc) is 2.99. The molecule has 1 aliphatic rings. The Morgan fingerprint density at radius 2 is 1.83 bits per heavy atom. The van der Waals surface area contributed by atoms with Gasteiger partial charge in [-0.2, -0.15) is 5.10 Å². The van der Waals surface area contributed by atoms with Crippen molar-refractivity contribution in [3.8, 4) is 16.9 Å². The molecule has 0 saturated carbocycles. The minimum absolute atomic E-state index is 0.163. The summed E-state index contributed by atoms with van der Waals surface area (Å²) in [5.41, 5.74) is 7.44. The molecular formula is C32H46FN7O2. The number of aliphatic imine (C=N–C) groups is 2. The molecule has 1 aliphatic heterocycles. The quantitative estimate of drug-likeness (QED) is 0.216. The molecule has 10 heteroatoms. The molecule has 42 heavy (non-hydrogen) atoms. The molecule has 1 heterocycles. The van der Waals surface area contributed by atoms with Crippen LogP contribution in [-0.2, 0) is 11.3 Å². The van der Waals surface area contributed by atoms with Crippen molar-refractivity contribution in [2.45, 2.75) is 33.7 Å². The molecule has 0 spiro atoms. The number of amidine groups is 2. The number of halogens is 1. The van der Waals surface area contributed by atoms with Gasteiger partial charge in [0.1, 0.15) is 11.6 Å². The summed E-state index contributed by atoms with van der Waals surface area (Å²) in [4.78, 5) is 14.9. The van der Waals surface area contributed by atoms with Gasteiger partial charge in [-0.25, -0.2) is 9.38 Å². The van der Waals surface area contributed by atoms with Crippen molar-refractivity contribution in [1.29, 1.82) is 0 Å². The van der Waals surface area contributed by atoms with E-state index in [2.05, 4.69) is 61.6 Å².